The topological polar surface area (TPSA) is 6.48 Å². The summed E-state index contributed by atoms with van der Waals surface area (Å²) >= 11 is 0. The van der Waals surface area contributed by atoms with E-state index in [1.807, 2.05) is 0 Å². The highest BCUT2D eigenvalue weighted by Gasteiger charge is 2.31. The number of hydrogen-bond donors (Lipinski definition) is 0. The molecule has 2 nitrogen and oxygen atoms in total. The number of rotatable bonds is 8. The van der Waals surface area contributed by atoms with Gasteiger partial charge in [0.15, 0.2) is 0 Å². The summed E-state index contributed by atoms with van der Waals surface area (Å²) in [5.41, 5.74) is 15.8. The predicted octanol–water partition coefficient (Wildman–Crippen LogP) is 19.6. The van der Waals surface area contributed by atoms with Crippen LogP contribution in [0.3, 0.4) is 0 Å². The predicted molar refractivity (Wildman–Crippen MR) is 301 cm³/mol. The molecule has 0 amide bonds. The van der Waals surface area contributed by atoms with Gasteiger partial charge in [0.2, 0.25) is 0 Å². The van der Waals surface area contributed by atoms with Gasteiger partial charge in [0.05, 0.1) is 0 Å². The molecule has 0 spiro atoms. The van der Waals surface area contributed by atoms with Crippen molar-refractivity contribution in [2.24, 2.45) is 0 Å². The second-order valence-electron chi connectivity index (χ2n) is 23.8. The minimum atomic E-state index is -0.264. The van der Waals surface area contributed by atoms with E-state index in [4.69, 9.17) is 0 Å². The maximum atomic E-state index is 2.48. The van der Waals surface area contributed by atoms with Crippen LogP contribution >= 0.6 is 0 Å². The first-order valence-corrected chi connectivity index (χ1v) is 25.1. The van der Waals surface area contributed by atoms with Crippen LogP contribution < -0.4 is 9.80 Å². The van der Waals surface area contributed by atoms with Gasteiger partial charge in [-0.1, -0.05) is 205 Å². The molecule has 9 rings (SSSR count). The minimum absolute atomic E-state index is 0.0479. The van der Waals surface area contributed by atoms with Gasteiger partial charge in [-0.25, -0.2) is 0 Å². The van der Waals surface area contributed by atoms with Gasteiger partial charge in [-0.15, -0.1) is 0 Å². The molecule has 1 atom stereocenters. The summed E-state index contributed by atoms with van der Waals surface area (Å²) in [5.74, 6) is 0. The second kappa shape index (κ2) is 17.7. The zero-order chi connectivity index (χ0) is 49.1. The summed E-state index contributed by atoms with van der Waals surface area (Å²) in [6.45, 7) is 29.9. The molecule has 0 heterocycles. The van der Waals surface area contributed by atoms with Crippen LogP contribution in [0, 0.1) is 0 Å². The van der Waals surface area contributed by atoms with E-state index in [2.05, 4.69) is 288 Å². The summed E-state index contributed by atoms with van der Waals surface area (Å²) in [7, 11) is 0. The second-order valence-corrected chi connectivity index (χ2v) is 23.8. The normalized spacial score (nSPS) is 15.5. The zero-order valence-corrected chi connectivity index (χ0v) is 43.5. The summed E-state index contributed by atoms with van der Waals surface area (Å²) in [4.78, 5) is 4.89. The maximum Gasteiger partial charge on any atom is 0.0468 e. The molecule has 0 aromatic heterocycles. The molecule has 0 aliphatic heterocycles. The van der Waals surface area contributed by atoms with Gasteiger partial charge in [0.1, 0.15) is 0 Å². The Morgan fingerprint density at radius 2 is 0.725 bits per heavy atom. The first kappa shape index (κ1) is 47.4. The lowest BCUT2D eigenvalue weighted by molar-refractivity contribution is 0.590. The zero-order valence-electron chi connectivity index (χ0n) is 43.5. The van der Waals surface area contributed by atoms with Crippen LogP contribution in [-0.2, 0) is 27.1 Å². The third-order valence-electron chi connectivity index (χ3n) is 14.5. The van der Waals surface area contributed by atoms with Gasteiger partial charge >= 0.3 is 0 Å². The molecule has 2 heteroatoms. The number of anilines is 6. The summed E-state index contributed by atoms with van der Waals surface area (Å²) < 4.78 is 0. The molecule has 1 aliphatic rings. The first-order valence-electron chi connectivity index (χ1n) is 25.1. The van der Waals surface area contributed by atoms with Crippen LogP contribution in [0.5, 0.6) is 0 Å². The smallest absolute Gasteiger partial charge is 0.0468 e. The highest BCUT2D eigenvalue weighted by molar-refractivity contribution is 6.17. The molecule has 8 aromatic rings. The van der Waals surface area contributed by atoms with Crippen LogP contribution in [0.25, 0.3) is 32.7 Å². The molecular weight excluding hydrogens is 833 g/mol. The molecule has 0 radical (unpaired) electrons. The van der Waals surface area contributed by atoms with Crippen LogP contribution in [-0.4, -0.2) is 0 Å². The van der Waals surface area contributed by atoms with Crippen molar-refractivity contribution >= 4 is 55.7 Å². The average molecular weight is 905 g/mol. The standard InChI is InChI=1S/C67H72N2/c1-63(2,3)47-22-30-51(31-23-47)68(52-32-24-48(25-33-52)64(4,5)6)55-39-41-58-59(44-55)61(46-20-16-14-17-21-46)57-40-38-56(45-60(57)62(58)67(13)42-18-15-19-43-67)69(53-34-26-49(27-35-53)65(7,8)9)54-36-28-50(29-37-54)66(10,11)12/h14-42,44-45H,43H2,1-13H3. The van der Waals surface area contributed by atoms with Gasteiger partial charge in [0.25, 0.3) is 0 Å². The molecule has 0 fully saturated rings. The molecule has 0 saturated carbocycles. The van der Waals surface area contributed by atoms with Crippen molar-refractivity contribution in [1.29, 1.82) is 0 Å². The molecule has 8 aromatic carbocycles. The number of benzene rings is 8. The monoisotopic (exact) mass is 905 g/mol. The first-order chi connectivity index (χ1) is 32.6. The van der Waals surface area contributed by atoms with Crippen LogP contribution in [0.2, 0.25) is 0 Å². The van der Waals surface area contributed by atoms with Gasteiger partial charge < -0.3 is 9.80 Å². The van der Waals surface area contributed by atoms with E-state index in [0.29, 0.717) is 0 Å². The molecule has 1 unspecified atom stereocenters. The summed E-state index contributed by atoms with van der Waals surface area (Å²) in [6, 6.07) is 62.4. The Bertz CT molecular complexity index is 3060. The van der Waals surface area contributed by atoms with Gasteiger partial charge in [-0.05, 0) is 161 Å². The fraction of sp³-hybridized carbons (Fsp3) is 0.284. The van der Waals surface area contributed by atoms with Crippen molar-refractivity contribution in [2.75, 3.05) is 9.80 Å². The van der Waals surface area contributed by atoms with E-state index in [9.17, 15) is 0 Å². The van der Waals surface area contributed by atoms with Gasteiger partial charge in [-0.3, -0.25) is 0 Å². The lowest BCUT2D eigenvalue weighted by atomic mass is 9.72. The minimum Gasteiger partial charge on any atom is -0.310 e. The third-order valence-corrected chi connectivity index (χ3v) is 14.5. The quantitative estimate of drug-likeness (QED) is 0.140. The van der Waals surface area contributed by atoms with E-state index < -0.39 is 0 Å². The van der Waals surface area contributed by atoms with Gasteiger partial charge in [-0.2, -0.15) is 0 Å². The lowest BCUT2D eigenvalue weighted by Gasteiger charge is -2.33. The van der Waals surface area contributed by atoms with Crippen molar-refractivity contribution in [2.45, 2.75) is 124 Å². The Balaban J connectivity index is 1.33. The highest BCUT2D eigenvalue weighted by atomic mass is 15.1. The molecule has 0 bridgehead atoms. The fourth-order valence-electron chi connectivity index (χ4n) is 10.3. The van der Waals surface area contributed by atoms with Crippen molar-refractivity contribution in [3.63, 3.8) is 0 Å². The Hall–Kier alpha value is -6.64. The number of hydrogen-bond acceptors (Lipinski definition) is 2. The molecule has 1 aliphatic carbocycles. The number of fused-ring (bicyclic) bond motifs is 2. The molecule has 350 valence electrons. The van der Waals surface area contributed by atoms with Crippen molar-refractivity contribution in [1.82, 2.24) is 0 Å². The highest BCUT2D eigenvalue weighted by Crippen LogP contribution is 2.50. The molecule has 0 N–H and O–H groups in total. The molecular formula is C67H72N2. The molecule has 0 saturated heterocycles. The van der Waals surface area contributed by atoms with Gasteiger partial charge in [0, 0.05) is 39.5 Å². The van der Waals surface area contributed by atoms with E-state index in [-0.39, 0.29) is 27.1 Å². The number of allylic oxidation sites excluding steroid dienone is 4. The van der Waals surface area contributed by atoms with E-state index in [1.54, 1.807) is 0 Å². The van der Waals surface area contributed by atoms with Crippen molar-refractivity contribution in [3.8, 4) is 11.1 Å². The Morgan fingerprint density at radius 3 is 1.09 bits per heavy atom. The van der Waals surface area contributed by atoms with E-state index in [1.165, 1.54) is 60.5 Å². The Morgan fingerprint density at radius 1 is 0.362 bits per heavy atom. The average Bonchev–Trinajstić information content (AvgIpc) is 3.31. The SMILES string of the molecule is CC(C)(C)c1ccc(N(c2ccc(C(C)(C)C)cc2)c2ccc3c(C4(C)C=CC=CC4)c4cc(N(c5ccc(C(C)(C)C)cc5)c5ccc(C(C)(C)C)cc5)ccc4c(-c4ccccc4)c3c2)cc1. The third kappa shape index (κ3) is 9.44. The Kier molecular flexibility index (Phi) is 12.2. The van der Waals surface area contributed by atoms with Crippen molar-refractivity contribution < 1.29 is 0 Å². The van der Waals surface area contributed by atoms with E-state index in [0.717, 1.165) is 40.5 Å². The van der Waals surface area contributed by atoms with Crippen LogP contribution in [0.4, 0.5) is 34.1 Å². The largest absolute Gasteiger partial charge is 0.310 e. The number of nitrogens with zero attached hydrogens (tertiary/aromatic N) is 2. The van der Waals surface area contributed by atoms with Crippen molar-refractivity contribution in [3.05, 3.63) is 216 Å². The molecule has 69 heavy (non-hydrogen) atoms. The fourth-order valence-corrected chi connectivity index (χ4v) is 10.3. The van der Waals surface area contributed by atoms with Crippen LogP contribution in [0.1, 0.15) is 124 Å². The summed E-state index contributed by atoms with van der Waals surface area (Å²) in [5, 5.41) is 5.03. The summed E-state index contributed by atoms with van der Waals surface area (Å²) in [6.07, 6.45) is 10.1. The lowest BCUT2D eigenvalue weighted by Crippen LogP contribution is -2.21. The Labute approximate surface area is 414 Å². The maximum absolute atomic E-state index is 2.48. The van der Waals surface area contributed by atoms with Crippen LogP contribution in [0.15, 0.2) is 188 Å². The van der Waals surface area contributed by atoms with E-state index >= 15 is 0 Å².